The summed E-state index contributed by atoms with van der Waals surface area (Å²) in [6.07, 6.45) is 7.46. The lowest BCUT2D eigenvalue weighted by molar-refractivity contribution is 0.0752. The number of nitrogens with zero attached hydrogens (tertiary/aromatic N) is 1. The normalized spacial score (nSPS) is 24.1. The molecule has 2 atom stereocenters. The first kappa shape index (κ1) is 13.0. The van der Waals surface area contributed by atoms with Gasteiger partial charge in [0, 0.05) is 16.9 Å². The van der Waals surface area contributed by atoms with Gasteiger partial charge in [-0.25, -0.2) is 0 Å². The topological polar surface area (TPSA) is 48.1 Å². The first-order chi connectivity index (χ1) is 8.29. The number of rotatable bonds is 5. The Kier molecular flexibility index (Phi) is 4.95. The fourth-order valence-corrected chi connectivity index (χ4v) is 2.92. The molecule has 0 amide bonds. The maximum absolute atomic E-state index is 5.77. The van der Waals surface area contributed by atoms with Crippen LogP contribution in [0.2, 0.25) is 0 Å². The highest BCUT2D eigenvalue weighted by Gasteiger charge is 2.25. The highest BCUT2D eigenvalue weighted by Crippen LogP contribution is 2.31. The second kappa shape index (κ2) is 6.47. The van der Waals surface area contributed by atoms with Gasteiger partial charge in [-0.2, -0.15) is 0 Å². The predicted molar refractivity (Wildman–Crippen MR) is 71.5 cm³/mol. The first-order valence-corrected chi connectivity index (χ1v) is 6.96. The molecule has 2 N–H and O–H groups in total. The number of nitrogens with two attached hydrogens (primary N) is 1. The zero-order chi connectivity index (χ0) is 12.1. The molecule has 1 aliphatic rings. The lowest BCUT2D eigenvalue weighted by atomic mass is 9.97. The average molecular weight is 299 g/mol. The lowest BCUT2D eigenvalue weighted by Gasteiger charge is -2.17. The third-order valence-corrected chi connectivity index (χ3v) is 3.92. The van der Waals surface area contributed by atoms with Crippen LogP contribution in [0.3, 0.4) is 0 Å². The SMILES string of the molecule is NCC1CCCC1COCc1cncc(Br)c1. The van der Waals surface area contributed by atoms with Crippen molar-refractivity contribution in [2.45, 2.75) is 25.9 Å². The van der Waals surface area contributed by atoms with Crippen LogP contribution in [0.4, 0.5) is 0 Å². The number of hydrogen-bond acceptors (Lipinski definition) is 3. The van der Waals surface area contributed by atoms with Gasteiger partial charge >= 0.3 is 0 Å². The van der Waals surface area contributed by atoms with Gasteiger partial charge < -0.3 is 10.5 Å². The monoisotopic (exact) mass is 298 g/mol. The van der Waals surface area contributed by atoms with E-state index in [2.05, 4.69) is 20.9 Å². The van der Waals surface area contributed by atoms with Gasteiger partial charge in [-0.15, -0.1) is 0 Å². The van der Waals surface area contributed by atoms with E-state index in [0.717, 1.165) is 23.2 Å². The van der Waals surface area contributed by atoms with Gasteiger partial charge in [-0.1, -0.05) is 6.42 Å². The molecule has 17 heavy (non-hydrogen) atoms. The molecule has 1 heterocycles. The molecule has 1 aromatic heterocycles. The Labute approximate surface area is 111 Å². The summed E-state index contributed by atoms with van der Waals surface area (Å²) in [7, 11) is 0. The molecular formula is C13H19BrN2O. The van der Waals surface area contributed by atoms with E-state index in [4.69, 9.17) is 10.5 Å². The van der Waals surface area contributed by atoms with Crippen molar-refractivity contribution in [1.82, 2.24) is 4.98 Å². The zero-order valence-electron chi connectivity index (χ0n) is 9.94. The Bertz CT molecular complexity index is 359. The Morgan fingerprint density at radius 3 is 2.94 bits per heavy atom. The number of halogens is 1. The summed E-state index contributed by atoms with van der Waals surface area (Å²) in [5.41, 5.74) is 6.87. The lowest BCUT2D eigenvalue weighted by Crippen LogP contribution is -2.22. The number of pyridine rings is 1. The Morgan fingerprint density at radius 2 is 2.18 bits per heavy atom. The van der Waals surface area contributed by atoms with Crippen LogP contribution in [0.1, 0.15) is 24.8 Å². The molecule has 0 bridgehead atoms. The molecule has 0 radical (unpaired) electrons. The van der Waals surface area contributed by atoms with Gasteiger partial charge in [0.2, 0.25) is 0 Å². The minimum atomic E-state index is 0.639. The molecule has 2 rings (SSSR count). The molecule has 0 saturated heterocycles. The van der Waals surface area contributed by atoms with E-state index in [1.165, 1.54) is 19.3 Å². The van der Waals surface area contributed by atoms with Gasteiger partial charge in [0.25, 0.3) is 0 Å². The number of aromatic nitrogens is 1. The van der Waals surface area contributed by atoms with Crippen LogP contribution < -0.4 is 5.73 Å². The number of hydrogen-bond donors (Lipinski definition) is 1. The number of ether oxygens (including phenoxy) is 1. The van der Waals surface area contributed by atoms with Crippen molar-refractivity contribution >= 4 is 15.9 Å². The van der Waals surface area contributed by atoms with Gasteiger partial charge in [-0.05, 0) is 58.8 Å². The Hall–Kier alpha value is -0.450. The van der Waals surface area contributed by atoms with Crippen LogP contribution >= 0.6 is 15.9 Å². The molecular weight excluding hydrogens is 280 g/mol. The fraction of sp³-hybridized carbons (Fsp3) is 0.615. The fourth-order valence-electron chi connectivity index (χ4n) is 2.51. The van der Waals surface area contributed by atoms with E-state index in [1.807, 2.05) is 12.3 Å². The van der Waals surface area contributed by atoms with Crippen LogP contribution in [-0.2, 0) is 11.3 Å². The first-order valence-electron chi connectivity index (χ1n) is 6.17. The van der Waals surface area contributed by atoms with Crippen molar-refractivity contribution in [3.63, 3.8) is 0 Å². The minimum Gasteiger partial charge on any atom is -0.376 e. The summed E-state index contributed by atoms with van der Waals surface area (Å²) in [5, 5.41) is 0. The second-order valence-electron chi connectivity index (χ2n) is 4.71. The molecule has 1 aromatic rings. The third kappa shape index (κ3) is 3.76. The van der Waals surface area contributed by atoms with Gasteiger partial charge in [-0.3, -0.25) is 4.98 Å². The average Bonchev–Trinajstić information content (AvgIpc) is 2.77. The highest BCUT2D eigenvalue weighted by atomic mass is 79.9. The standard InChI is InChI=1S/C13H19BrN2O/c14-13-4-10(6-16-7-13)8-17-9-12-3-1-2-11(12)5-15/h4,6-7,11-12H,1-3,5,8-9,15H2. The quantitative estimate of drug-likeness (QED) is 0.909. The van der Waals surface area contributed by atoms with Gasteiger partial charge in [0.15, 0.2) is 0 Å². The summed E-state index contributed by atoms with van der Waals surface area (Å²) in [6.45, 7) is 2.26. The van der Waals surface area contributed by atoms with Crippen LogP contribution in [0.15, 0.2) is 22.9 Å². The van der Waals surface area contributed by atoms with Crippen molar-refractivity contribution in [3.05, 3.63) is 28.5 Å². The van der Waals surface area contributed by atoms with Crippen LogP contribution in [0.5, 0.6) is 0 Å². The summed E-state index contributed by atoms with van der Waals surface area (Å²) < 4.78 is 6.77. The predicted octanol–water partition coefficient (Wildman–Crippen LogP) is 2.74. The van der Waals surface area contributed by atoms with Crippen molar-refractivity contribution < 1.29 is 4.74 Å². The van der Waals surface area contributed by atoms with Crippen molar-refractivity contribution in [2.24, 2.45) is 17.6 Å². The van der Waals surface area contributed by atoms with E-state index >= 15 is 0 Å². The van der Waals surface area contributed by atoms with Crippen LogP contribution in [0.25, 0.3) is 0 Å². The molecule has 3 nitrogen and oxygen atoms in total. The molecule has 0 aromatic carbocycles. The molecule has 4 heteroatoms. The highest BCUT2D eigenvalue weighted by molar-refractivity contribution is 9.10. The van der Waals surface area contributed by atoms with E-state index in [-0.39, 0.29) is 0 Å². The van der Waals surface area contributed by atoms with Gasteiger partial charge in [0.1, 0.15) is 0 Å². The largest absolute Gasteiger partial charge is 0.376 e. The molecule has 2 unspecified atom stereocenters. The molecule has 1 saturated carbocycles. The minimum absolute atomic E-state index is 0.639. The summed E-state index contributed by atoms with van der Waals surface area (Å²) in [5.74, 6) is 1.32. The zero-order valence-corrected chi connectivity index (χ0v) is 11.5. The second-order valence-corrected chi connectivity index (χ2v) is 5.63. The smallest absolute Gasteiger partial charge is 0.0732 e. The van der Waals surface area contributed by atoms with E-state index in [9.17, 15) is 0 Å². The summed E-state index contributed by atoms with van der Waals surface area (Å²) in [4.78, 5) is 4.12. The molecule has 94 valence electrons. The van der Waals surface area contributed by atoms with Gasteiger partial charge in [0.05, 0.1) is 13.2 Å². The van der Waals surface area contributed by atoms with Crippen LogP contribution in [-0.4, -0.2) is 18.1 Å². The maximum atomic E-state index is 5.77. The Balaban J connectivity index is 1.76. The van der Waals surface area contributed by atoms with E-state index < -0.39 is 0 Å². The summed E-state index contributed by atoms with van der Waals surface area (Å²) >= 11 is 3.41. The van der Waals surface area contributed by atoms with Crippen molar-refractivity contribution in [1.29, 1.82) is 0 Å². The Morgan fingerprint density at radius 1 is 1.35 bits per heavy atom. The third-order valence-electron chi connectivity index (χ3n) is 3.48. The molecule has 1 aliphatic carbocycles. The van der Waals surface area contributed by atoms with Crippen molar-refractivity contribution in [2.75, 3.05) is 13.2 Å². The molecule has 0 spiro atoms. The molecule has 0 aliphatic heterocycles. The van der Waals surface area contributed by atoms with E-state index in [1.54, 1.807) is 6.20 Å². The van der Waals surface area contributed by atoms with E-state index in [0.29, 0.717) is 18.4 Å². The summed E-state index contributed by atoms with van der Waals surface area (Å²) in [6, 6.07) is 2.04. The van der Waals surface area contributed by atoms with Crippen LogP contribution in [0, 0.1) is 11.8 Å². The van der Waals surface area contributed by atoms with Crippen molar-refractivity contribution in [3.8, 4) is 0 Å². The maximum Gasteiger partial charge on any atom is 0.0732 e. The molecule has 1 fully saturated rings.